The van der Waals surface area contributed by atoms with E-state index in [1.54, 1.807) is 24.3 Å². The Morgan fingerprint density at radius 3 is 2.44 bits per heavy atom. The second-order valence-corrected chi connectivity index (χ2v) is 6.79. The molecule has 0 bridgehead atoms. The number of rotatable bonds is 10. The molecule has 0 amide bonds. The first kappa shape index (κ1) is 20.9. The molecule has 5 heteroatoms. The number of esters is 1. The molecule has 0 atom stereocenters. The van der Waals surface area contributed by atoms with Crippen LogP contribution < -0.4 is 4.74 Å². The fourth-order valence-corrected chi connectivity index (χ4v) is 3.12. The van der Waals surface area contributed by atoms with Crippen molar-refractivity contribution in [2.24, 2.45) is 5.92 Å². The Kier molecular flexibility index (Phi) is 8.78. The van der Waals surface area contributed by atoms with Gasteiger partial charge < -0.3 is 14.6 Å². The molecular formula is C22H28O5. The normalized spacial score (nSPS) is 19.7. The SMILES string of the molecule is C=CCCCCOC1CCC(C(=O)Oc2ccc(C=CC(=O)O)cc2)CC1. The second-order valence-electron chi connectivity index (χ2n) is 6.79. The highest BCUT2D eigenvalue weighted by atomic mass is 16.5. The molecule has 1 N–H and O–H groups in total. The van der Waals surface area contributed by atoms with E-state index in [0.29, 0.717) is 5.75 Å². The highest BCUT2D eigenvalue weighted by Gasteiger charge is 2.28. The van der Waals surface area contributed by atoms with Crippen LogP contribution in [0.15, 0.2) is 43.0 Å². The molecule has 0 aromatic heterocycles. The number of benzene rings is 1. The van der Waals surface area contributed by atoms with Gasteiger partial charge in [-0.25, -0.2) is 4.79 Å². The van der Waals surface area contributed by atoms with Gasteiger partial charge in [0.1, 0.15) is 5.75 Å². The van der Waals surface area contributed by atoms with Crippen LogP contribution in [0.4, 0.5) is 0 Å². The van der Waals surface area contributed by atoms with Gasteiger partial charge in [0.2, 0.25) is 0 Å². The van der Waals surface area contributed by atoms with E-state index in [0.717, 1.165) is 63.2 Å². The van der Waals surface area contributed by atoms with Crippen molar-refractivity contribution in [2.75, 3.05) is 6.61 Å². The first-order valence-corrected chi connectivity index (χ1v) is 9.53. The quantitative estimate of drug-likeness (QED) is 0.213. The molecule has 1 fully saturated rings. The molecule has 0 radical (unpaired) electrons. The van der Waals surface area contributed by atoms with Gasteiger partial charge in [-0.1, -0.05) is 18.2 Å². The van der Waals surface area contributed by atoms with E-state index in [2.05, 4.69) is 6.58 Å². The summed E-state index contributed by atoms with van der Waals surface area (Å²) in [4.78, 5) is 22.9. The lowest BCUT2D eigenvalue weighted by Crippen LogP contribution is -2.29. The van der Waals surface area contributed by atoms with E-state index in [-0.39, 0.29) is 18.0 Å². The van der Waals surface area contributed by atoms with Crippen LogP contribution in [0.5, 0.6) is 5.75 Å². The maximum atomic E-state index is 12.3. The van der Waals surface area contributed by atoms with Gasteiger partial charge >= 0.3 is 11.9 Å². The number of carbonyl (C=O) groups excluding carboxylic acids is 1. The van der Waals surface area contributed by atoms with Gasteiger partial charge in [-0.3, -0.25) is 4.79 Å². The van der Waals surface area contributed by atoms with Gasteiger partial charge in [0.25, 0.3) is 0 Å². The van der Waals surface area contributed by atoms with Crippen molar-refractivity contribution in [2.45, 2.75) is 51.0 Å². The third kappa shape index (κ3) is 7.79. The predicted octanol–water partition coefficient (Wildman–Crippen LogP) is 4.62. The van der Waals surface area contributed by atoms with Crippen molar-refractivity contribution in [1.82, 2.24) is 0 Å². The molecular weight excluding hydrogens is 344 g/mol. The van der Waals surface area contributed by atoms with E-state index >= 15 is 0 Å². The first-order valence-electron chi connectivity index (χ1n) is 9.53. The molecule has 1 saturated carbocycles. The highest BCUT2D eigenvalue weighted by molar-refractivity contribution is 5.85. The number of carboxylic acids is 1. The summed E-state index contributed by atoms with van der Waals surface area (Å²) in [5.41, 5.74) is 0.739. The average molecular weight is 372 g/mol. The van der Waals surface area contributed by atoms with Crippen LogP contribution in [0.25, 0.3) is 6.08 Å². The number of carboxylic acid groups (broad SMARTS) is 1. The fraction of sp³-hybridized carbons (Fsp3) is 0.455. The van der Waals surface area contributed by atoms with Crippen molar-refractivity contribution < 1.29 is 24.2 Å². The minimum atomic E-state index is -0.998. The van der Waals surface area contributed by atoms with Crippen molar-refractivity contribution in [3.63, 3.8) is 0 Å². The monoisotopic (exact) mass is 372 g/mol. The molecule has 0 aliphatic heterocycles. The van der Waals surface area contributed by atoms with E-state index in [9.17, 15) is 9.59 Å². The lowest BCUT2D eigenvalue weighted by Gasteiger charge is -2.27. The molecule has 0 spiro atoms. The Balaban J connectivity index is 1.71. The van der Waals surface area contributed by atoms with Crippen LogP contribution in [0, 0.1) is 5.92 Å². The number of allylic oxidation sites excluding steroid dienone is 1. The average Bonchev–Trinajstić information content (AvgIpc) is 2.67. The summed E-state index contributed by atoms with van der Waals surface area (Å²) < 4.78 is 11.4. The molecule has 0 heterocycles. The summed E-state index contributed by atoms with van der Waals surface area (Å²) >= 11 is 0. The van der Waals surface area contributed by atoms with Crippen molar-refractivity contribution in [3.8, 4) is 5.75 Å². The summed E-state index contributed by atoms with van der Waals surface area (Å²) in [6.07, 6.45) is 11.3. The smallest absolute Gasteiger partial charge is 0.328 e. The zero-order valence-electron chi connectivity index (χ0n) is 15.6. The Morgan fingerprint density at radius 2 is 1.81 bits per heavy atom. The molecule has 0 unspecified atom stereocenters. The summed E-state index contributed by atoms with van der Waals surface area (Å²) in [5.74, 6) is -0.805. The number of unbranched alkanes of at least 4 members (excludes halogenated alkanes) is 2. The van der Waals surface area contributed by atoms with Gasteiger partial charge in [-0.15, -0.1) is 6.58 Å². The molecule has 27 heavy (non-hydrogen) atoms. The molecule has 146 valence electrons. The van der Waals surface area contributed by atoms with Crippen LogP contribution in [0.3, 0.4) is 0 Å². The van der Waals surface area contributed by atoms with E-state index in [4.69, 9.17) is 14.6 Å². The number of hydrogen-bond donors (Lipinski definition) is 1. The predicted molar refractivity (Wildman–Crippen MR) is 104 cm³/mol. The number of carbonyl (C=O) groups is 2. The van der Waals surface area contributed by atoms with E-state index in [1.807, 2.05) is 6.08 Å². The van der Waals surface area contributed by atoms with Crippen molar-refractivity contribution in [1.29, 1.82) is 0 Å². The number of ether oxygens (including phenoxy) is 2. The molecule has 1 aliphatic rings. The van der Waals surface area contributed by atoms with Gasteiger partial charge in [0.15, 0.2) is 0 Å². The lowest BCUT2D eigenvalue weighted by molar-refractivity contribution is -0.141. The number of hydrogen-bond acceptors (Lipinski definition) is 4. The van der Waals surface area contributed by atoms with E-state index in [1.165, 1.54) is 6.08 Å². The van der Waals surface area contributed by atoms with Crippen molar-refractivity contribution >= 4 is 18.0 Å². The summed E-state index contributed by atoms with van der Waals surface area (Å²) in [7, 11) is 0. The molecule has 0 saturated heterocycles. The largest absolute Gasteiger partial charge is 0.478 e. The first-order chi connectivity index (χ1) is 13.1. The molecule has 5 nitrogen and oxygen atoms in total. The topological polar surface area (TPSA) is 72.8 Å². The van der Waals surface area contributed by atoms with Gasteiger partial charge in [0.05, 0.1) is 12.0 Å². The number of aliphatic carboxylic acids is 1. The Bertz CT molecular complexity index is 639. The van der Waals surface area contributed by atoms with Gasteiger partial charge in [-0.05, 0) is 68.7 Å². The Hall–Kier alpha value is -2.40. The molecule has 1 aliphatic carbocycles. The summed E-state index contributed by atoms with van der Waals surface area (Å²) in [5, 5.41) is 8.62. The third-order valence-corrected chi connectivity index (χ3v) is 4.68. The van der Waals surface area contributed by atoms with Crippen LogP contribution in [0.1, 0.15) is 50.5 Å². The maximum Gasteiger partial charge on any atom is 0.328 e. The summed E-state index contributed by atoms with van der Waals surface area (Å²) in [6, 6.07) is 6.80. The van der Waals surface area contributed by atoms with Crippen LogP contribution in [0.2, 0.25) is 0 Å². The lowest BCUT2D eigenvalue weighted by atomic mass is 9.87. The van der Waals surface area contributed by atoms with Crippen molar-refractivity contribution in [3.05, 3.63) is 48.6 Å². The Morgan fingerprint density at radius 1 is 1.11 bits per heavy atom. The zero-order valence-corrected chi connectivity index (χ0v) is 15.6. The zero-order chi connectivity index (χ0) is 19.5. The van der Waals surface area contributed by atoms with E-state index < -0.39 is 5.97 Å². The van der Waals surface area contributed by atoms with Gasteiger partial charge in [-0.2, -0.15) is 0 Å². The standard InChI is InChI=1S/C22H28O5/c1-2-3-4-5-16-26-19-13-9-18(10-14-19)22(25)27-20-11-6-17(7-12-20)8-15-21(23)24/h2,6-8,11-12,15,18-19H,1,3-5,9-10,13-14,16H2,(H,23,24). The van der Waals surface area contributed by atoms with Crippen LogP contribution in [-0.2, 0) is 14.3 Å². The highest BCUT2D eigenvalue weighted by Crippen LogP contribution is 2.28. The summed E-state index contributed by atoms with van der Waals surface area (Å²) in [6.45, 7) is 4.49. The molecule has 2 rings (SSSR count). The molecule has 1 aromatic rings. The van der Waals surface area contributed by atoms with Crippen LogP contribution in [-0.4, -0.2) is 29.8 Å². The minimum Gasteiger partial charge on any atom is -0.478 e. The van der Waals surface area contributed by atoms with Crippen LogP contribution >= 0.6 is 0 Å². The Labute approximate surface area is 160 Å². The fourth-order valence-electron chi connectivity index (χ4n) is 3.12. The molecule has 1 aromatic carbocycles. The third-order valence-electron chi connectivity index (χ3n) is 4.68. The minimum absolute atomic E-state index is 0.0859. The van der Waals surface area contributed by atoms with Gasteiger partial charge in [0, 0.05) is 12.7 Å². The second kappa shape index (κ2) is 11.3. The maximum absolute atomic E-state index is 12.3.